The number of aliphatic carboxylic acids is 1. The number of aromatic nitrogens is 2. The third-order valence-electron chi connectivity index (χ3n) is 2.42. The molecule has 18 heavy (non-hydrogen) atoms. The molecule has 1 aromatic heterocycles. The van der Waals surface area contributed by atoms with Crippen molar-refractivity contribution in [3.05, 3.63) is 11.7 Å². The van der Waals surface area contributed by atoms with Crippen LogP contribution in [0, 0.1) is 6.92 Å². The van der Waals surface area contributed by atoms with Gasteiger partial charge in [0.05, 0.1) is 6.54 Å². The van der Waals surface area contributed by atoms with Gasteiger partial charge in [-0.15, -0.1) is 0 Å². The second-order valence-electron chi connectivity index (χ2n) is 3.77. The summed E-state index contributed by atoms with van der Waals surface area (Å²) in [6.45, 7) is 3.43. The monoisotopic (exact) mass is 256 g/mol. The number of carboxylic acids is 1. The molecule has 0 aliphatic rings. The van der Waals surface area contributed by atoms with E-state index in [-0.39, 0.29) is 12.4 Å². The molecule has 1 rings (SSSR count). The van der Waals surface area contributed by atoms with Gasteiger partial charge >= 0.3 is 12.0 Å². The van der Waals surface area contributed by atoms with Gasteiger partial charge in [-0.3, -0.25) is 0 Å². The highest BCUT2D eigenvalue weighted by molar-refractivity contribution is 5.82. The third-order valence-corrected chi connectivity index (χ3v) is 2.42. The molecule has 8 nitrogen and oxygen atoms in total. The molecule has 0 spiro atoms. The van der Waals surface area contributed by atoms with Crippen molar-refractivity contribution < 1.29 is 19.2 Å². The zero-order valence-electron chi connectivity index (χ0n) is 10.5. The van der Waals surface area contributed by atoms with Gasteiger partial charge in [0.25, 0.3) is 0 Å². The molecule has 0 aliphatic heterocycles. The Morgan fingerprint density at radius 2 is 2.22 bits per heavy atom. The minimum atomic E-state index is -1.04. The van der Waals surface area contributed by atoms with Gasteiger partial charge in [-0.05, 0) is 13.3 Å². The van der Waals surface area contributed by atoms with E-state index in [1.165, 1.54) is 7.05 Å². The molecule has 8 heteroatoms. The normalized spacial score (nSPS) is 11.9. The fourth-order valence-electron chi connectivity index (χ4n) is 1.44. The van der Waals surface area contributed by atoms with Crippen LogP contribution < -0.4 is 5.32 Å². The highest BCUT2D eigenvalue weighted by Crippen LogP contribution is 2.03. The third kappa shape index (κ3) is 3.44. The number of rotatable bonds is 5. The van der Waals surface area contributed by atoms with Crippen LogP contribution in [0.2, 0.25) is 0 Å². The molecule has 0 saturated carbocycles. The molecule has 1 unspecified atom stereocenters. The largest absolute Gasteiger partial charge is 0.480 e. The van der Waals surface area contributed by atoms with Crippen molar-refractivity contribution >= 4 is 12.0 Å². The summed E-state index contributed by atoms with van der Waals surface area (Å²) in [7, 11) is 1.43. The van der Waals surface area contributed by atoms with E-state index >= 15 is 0 Å². The summed E-state index contributed by atoms with van der Waals surface area (Å²) < 4.78 is 4.82. The molecule has 1 aromatic rings. The van der Waals surface area contributed by atoms with E-state index in [2.05, 4.69) is 15.5 Å². The van der Waals surface area contributed by atoms with Crippen LogP contribution in [-0.4, -0.2) is 45.2 Å². The lowest BCUT2D eigenvalue weighted by atomic mass is 10.2. The van der Waals surface area contributed by atoms with Gasteiger partial charge in [-0.1, -0.05) is 12.1 Å². The highest BCUT2D eigenvalue weighted by atomic mass is 16.5. The van der Waals surface area contributed by atoms with Crippen LogP contribution in [0.25, 0.3) is 0 Å². The molecule has 1 atom stereocenters. The first kappa shape index (κ1) is 13.9. The Hall–Kier alpha value is -2.12. The number of carbonyl (C=O) groups is 2. The van der Waals surface area contributed by atoms with Crippen molar-refractivity contribution in [3.8, 4) is 0 Å². The van der Waals surface area contributed by atoms with Gasteiger partial charge in [0.15, 0.2) is 5.82 Å². The lowest BCUT2D eigenvalue weighted by Crippen LogP contribution is -2.46. The molecule has 0 bridgehead atoms. The van der Waals surface area contributed by atoms with Gasteiger partial charge in [-0.2, -0.15) is 4.98 Å². The number of aryl methyl sites for hydroxylation is 1. The van der Waals surface area contributed by atoms with E-state index in [0.29, 0.717) is 12.2 Å². The fourth-order valence-corrected chi connectivity index (χ4v) is 1.44. The van der Waals surface area contributed by atoms with Crippen molar-refractivity contribution in [1.29, 1.82) is 0 Å². The zero-order valence-corrected chi connectivity index (χ0v) is 10.5. The molecule has 2 N–H and O–H groups in total. The molecule has 0 radical (unpaired) electrons. The summed E-state index contributed by atoms with van der Waals surface area (Å²) in [5.41, 5.74) is 0. The quantitative estimate of drug-likeness (QED) is 0.788. The average Bonchev–Trinajstić information content (AvgIpc) is 2.72. The fraction of sp³-hybridized carbons (Fsp3) is 0.600. The average molecular weight is 256 g/mol. The van der Waals surface area contributed by atoms with Gasteiger partial charge in [0.1, 0.15) is 6.04 Å². The Bertz CT molecular complexity index is 431. The van der Waals surface area contributed by atoms with Gasteiger partial charge in [0.2, 0.25) is 5.89 Å². The molecule has 0 saturated heterocycles. The van der Waals surface area contributed by atoms with Crippen LogP contribution in [0.4, 0.5) is 4.79 Å². The molecule has 0 aromatic carbocycles. The molecule has 2 amide bonds. The highest BCUT2D eigenvalue weighted by Gasteiger charge is 2.24. The summed E-state index contributed by atoms with van der Waals surface area (Å²) in [5, 5.41) is 15.0. The number of urea groups is 1. The summed E-state index contributed by atoms with van der Waals surface area (Å²) in [6.07, 6.45) is 0.332. The Kier molecular flexibility index (Phi) is 4.64. The SMILES string of the molecule is CCC(C(=O)O)N(C)C(=O)NCc1nc(C)no1. The Balaban J connectivity index is 2.52. The molecule has 0 aliphatic carbocycles. The van der Waals surface area contributed by atoms with Crippen LogP contribution in [0.1, 0.15) is 25.1 Å². The molecular weight excluding hydrogens is 240 g/mol. The smallest absolute Gasteiger partial charge is 0.326 e. The van der Waals surface area contributed by atoms with Crippen molar-refractivity contribution in [1.82, 2.24) is 20.4 Å². The molecular formula is C10H16N4O4. The topological polar surface area (TPSA) is 109 Å². The van der Waals surface area contributed by atoms with Crippen molar-refractivity contribution in [3.63, 3.8) is 0 Å². The second-order valence-corrected chi connectivity index (χ2v) is 3.77. The zero-order chi connectivity index (χ0) is 13.7. The minimum absolute atomic E-state index is 0.0695. The number of carboxylic acid groups (broad SMARTS) is 1. The van der Waals surface area contributed by atoms with Crippen LogP contribution in [0.15, 0.2) is 4.52 Å². The lowest BCUT2D eigenvalue weighted by molar-refractivity contribution is -0.141. The predicted molar refractivity (Wildman–Crippen MR) is 60.7 cm³/mol. The number of likely N-dealkylation sites (N-methyl/N-ethyl adjacent to an activating group) is 1. The maximum atomic E-state index is 11.7. The number of nitrogens with one attached hydrogen (secondary N) is 1. The van der Waals surface area contributed by atoms with Crippen LogP contribution >= 0.6 is 0 Å². The number of nitrogens with zero attached hydrogens (tertiary/aromatic N) is 3. The first-order chi connectivity index (χ1) is 8.45. The van der Waals surface area contributed by atoms with E-state index in [0.717, 1.165) is 4.90 Å². The first-order valence-corrected chi connectivity index (χ1v) is 5.48. The number of hydrogen-bond acceptors (Lipinski definition) is 5. The van der Waals surface area contributed by atoms with E-state index in [4.69, 9.17) is 9.63 Å². The van der Waals surface area contributed by atoms with Gasteiger partial charge in [0, 0.05) is 7.05 Å². The first-order valence-electron chi connectivity index (χ1n) is 5.48. The summed E-state index contributed by atoms with van der Waals surface area (Å²) in [4.78, 5) is 27.6. The Labute approximate surface area is 104 Å². The number of carbonyl (C=O) groups excluding carboxylic acids is 1. The van der Waals surface area contributed by atoms with Gasteiger partial charge in [-0.25, -0.2) is 9.59 Å². The standard InChI is InChI=1S/C10H16N4O4/c1-4-7(9(15)16)14(3)10(17)11-5-8-12-6(2)13-18-8/h7H,4-5H2,1-3H3,(H,11,17)(H,15,16). The Morgan fingerprint density at radius 1 is 1.56 bits per heavy atom. The molecule has 1 heterocycles. The minimum Gasteiger partial charge on any atom is -0.480 e. The number of amides is 2. The second kappa shape index (κ2) is 5.99. The van der Waals surface area contributed by atoms with Crippen LogP contribution in [0.5, 0.6) is 0 Å². The summed E-state index contributed by atoms with van der Waals surface area (Å²) in [6, 6.07) is -1.35. The summed E-state index contributed by atoms with van der Waals surface area (Å²) >= 11 is 0. The van der Waals surface area contributed by atoms with E-state index in [9.17, 15) is 9.59 Å². The van der Waals surface area contributed by atoms with E-state index in [1.54, 1.807) is 13.8 Å². The van der Waals surface area contributed by atoms with Crippen molar-refractivity contribution in [2.75, 3.05) is 7.05 Å². The molecule has 100 valence electrons. The maximum absolute atomic E-state index is 11.7. The summed E-state index contributed by atoms with van der Waals surface area (Å²) in [5.74, 6) is -0.286. The van der Waals surface area contributed by atoms with Crippen LogP contribution in [-0.2, 0) is 11.3 Å². The predicted octanol–water partition coefficient (Wildman–Crippen LogP) is 0.383. The Morgan fingerprint density at radius 3 is 2.67 bits per heavy atom. The van der Waals surface area contributed by atoms with Crippen molar-refractivity contribution in [2.45, 2.75) is 32.9 Å². The maximum Gasteiger partial charge on any atom is 0.326 e. The molecule has 0 fully saturated rings. The van der Waals surface area contributed by atoms with E-state index in [1.807, 2.05) is 0 Å². The van der Waals surface area contributed by atoms with Crippen LogP contribution in [0.3, 0.4) is 0 Å². The van der Waals surface area contributed by atoms with Crippen molar-refractivity contribution in [2.24, 2.45) is 0 Å². The number of hydrogen-bond donors (Lipinski definition) is 2. The lowest BCUT2D eigenvalue weighted by Gasteiger charge is -2.23. The van der Waals surface area contributed by atoms with Gasteiger partial charge < -0.3 is 19.8 Å². The van der Waals surface area contributed by atoms with E-state index < -0.39 is 18.0 Å².